The summed E-state index contributed by atoms with van der Waals surface area (Å²) in [6, 6.07) is 7.51. The number of fused-ring (bicyclic) bond motifs is 1. The van der Waals surface area contributed by atoms with E-state index in [9.17, 15) is 9.59 Å². The van der Waals surface area contributed by atoms with Gasteiger partial charge in [-0.05, 0) is 102 Å². The van der Waals surface area contributed by atoms with Crippen molar-refractivity contribution in [3.63, 3.8) is 0 Å². The average molecular weight is 614 g/mol. The summed E-state index contributed by atoms with van der Waals surface area (Å²) in [6.07, 6.45) is 16.3. The molecule has 0 saturated heterocycles. The van der Waals surface area contributed by atoms with Gasteiger partial charge in [-0.15, -0.1) is 0 Å². The number of hydrogen-bond donors (Lipinski definition) is 1. The first-order valence-electron chi connectivity index (χ1n) is 16.6. The molecule has 8 heteroatoms. The molecule has 3 rings (SSSR count). The molecular weight excluding hydrogens is 562 g/mol. The monoisotopic (exact) mass is 613 g/mol. The number of nitriles is 1. The smallest absolute Gasteiger partial charge is 0.323 e. The zero-order valence-corrected chi connectivity index (χ0v) is 28.1. The van der Waals surface area contributed by atoms with Crippen LogP contribution in [0.4, 0.5) is 0 Å². The number of allylic oxidation sites excluding steroid dienone is 4. The van der Waals surface area contributed by atoms with Crippen molar-refractivity contribution in [1.82, 2.24) is 14.9 Å². The lowest BCUT2D eigenvalue weighted by Crippen LogP contribution is -2.39. The van der Waals surface area contributed by atoms with E-state index >= 15 is 0 Å². The Balaban J connectivity index is 1.95. The summed E-state index contributed by atoms with van der Waals surface area (Å²) in [4.78, 5) is 34.7. The molecule has 0 aliphatic heterocycles. The van der Waals surface area contributed by atoms with Gasteiger partial charge in [0.1, 0.15) is 24.0 Å². The Labute approximate surface area is 269 Å². The summed E-state index contributed by atoms with van der Waals surface area (Å²) >= 11 is 0. The predicted octanol–water partition coefficient (Wildman–Crippen LogP) is 8.02. The van der Waals surface area contributed by atoms with Crippen molar-refractivity contribution in [3.05, 3.63) is 59.1 Å². The topological polar surface area (TPSA) is 109 Å². The highest BCUT2D eigenvalue weighted by Crippen LogP contribution is 2.28. The summed E-state index contributed by atoms with van der Waals surface area (Å²) in [5.41, 5.74) is 5.09. The number of Topliss-reactive ketones (excluding diaryl/α,β-unsaturated/α-hetero) is 1. The predicted molar refractivity (Wildman–Crippen MR) is 183 cm³/mol. The largest absolute Gasteiger partial charge is 0.461 e. The maximum absolute atomic E-state index is 13.2. The van der Waals surface area contributed by atoms with Gasteiger partial charge in [0.05, 0.1) is 11.0 Å². The summed E-state index contributed by atoms with van der Waals surface area (Å²) < 4.78 is 8.16. The number of carbonyl (C=O) groups excluding carboxylic acids is 2. The van der Waals surface area contributed by atoms with E-state index in [2.05, 4.69) is 46.9 Å². The normalized spacial score (nSPS) is 15.7. The van der Waals surface area contributed by atoms with Gasteiger partial charge in [-0.2, -0.15) is 5.26 Å². The lowest BCUT2D eigenvalue weighted by atomic mass is 9.98. The minimum absolute atomic E-state index is 0.00434. The number of benzene rings is 1. The lowest BCUT2D eigenvalue weighted by molar-refractivity contribution is -0.151. The van der Waals surface area contributed by atoms with Gasteiger partial charge in [-0.3, -0.25) is 14.6 Å². The highest BCUT2D eigenvalue weighted by atomic mass is 16.5. The van der Waals surface area contributed by atoms with Crippen molar-refractivity contribution in [2.45, 2.75) is 125 Å². The summed E-state index contributed by atoms with van der Waals surface area (Å²) in [5.74, 6) is 0.525. The van der Waals surface area contributed by atoms with E-state index in [1.807, 2.05) is 26.8 Å². The van der Waals surface area contributed by atoms with Gasteiger partial charge < -0.3 is 14.6 Å². The van der Waals surface area contributed by atoms with E-state index in [4.69, 9.17) is 15.0 Å². The van der Waals surface area contributed by atoms with Crippen LogP contribution in [0.3, 0.4) is 0 Å². The molecule has 242 valence electrons. The van der Waals surface area contributed by atoms with E-state index in [0.717, 1.165) is 91.5 Å². The molecule has 0 amide bonds. The second-order valence-electron chi connectivity index (χ2n) is 12.2. The van der Waals surface area contributed by atoms with Gasteiger partial charge >= 0.3 is 5.97 Å². The fourth-order valence-electron chi connectivity index (χ4n) is 6.07. The Kier molecular flexibility index (Phi) is 14.4. The first-order chi connectivity index (χ1) is 21.7. The molecule has 8 nitrogen and oxygen atoms in total. The second-order valence-corrected chi connectivity index (χ2v) is 12.2. The van der Waals surface area contributed by atoms with Gasteiger partial charge in [0.25, 0.3) is 5.78 Å². The molecule has 1 fully saturated rings. The Morgan fingerprint density at radius 3 is 2.51 bits per heavy atom. The van der Waals surface area contributed by atoms with Crippen molar-refractivity contribution < 1.29 is 14.3 Å². The number of ketones is 1. The maximum atomic E-state index is 13.2. The van der Waals surface area contributed by atoms with E-state index in [0.29, 0.717) is 24.5 Å². The Morgan fingerprint density at radius 1 is 1.18 bits per heavy atom. The molecule has 0 spiro atoms. The number of rotatable bonds is 17. The van der Waals surface area contributed by atoms with Gasteiger partial charge in [-0.25, -0.2) is 4.98 Å². The molecule has 1 N–H and O–H groups in total. The Hall–Kier alpha value is -3.83. The first-order valence-corrected chi connectivity index (χ1v) is 16.6. The molecular formula is C37H51N5O3. The Morgan fingerprint density at radius 2 is 1.89 bits per heavy atom. The van der Waals surface area contributed by atoms with Crippen molar-refractivity contribution in [1.29, 1.82) is 5.26 Å². The molecule has 1 heterocycles. The van der Waals surface area contributed by atoms with Crippen LogP contribution in [0, 0.1) is 17.2 Å². The van der Waals surface area contributed by atoms with E-state index in [-0.39, 0.29) is 12.1 Å². The molecule has 1 aliphatic carbocycles. The number of esters is 1. The fraction of sp³-hybridized carbons (Fsp3) is 0.541. The first kappa shape index (κ1) is 35.6. The highest BCUT2D eigenvalue weighted by molar-refractivity contribution is 6.08. The van der Waals surface area contributed by atoms with Crippen LogP contribution in [0.2, 0.25) is 0 Å². The summed E-state index contributed by atoms with van der Waals surface area (Å²) in [5, 5.41) is 12.6. The third-order valence-electron chi connectivity index (χ3n) is 8.44. The molecule has 2 aromatic rings. The maximum Gasteiger partial charge on any atom is 0.323 e. The van der Waals surface area contributed by atoms with Crippen LogP contribution in [-0.4, -0.2) is 39.7 Å². The van der Waals surface area contributed by atoms with Crippen LogP contribution in [0.25, 0.3) is 16.6 Å². The van der Waals surface area contributed by atoms with E-state index in [1.165, 1.54) is 0 Å². The van der Waals surface area contributed by atoms with Crippen LogP contribution in [-0.2, 0) is 27.4 Å². The standard InChI is InChI=1S/C37H51N5O3/c1-7-13-28(14-8-2)25-42-34-18-17-29(21-32(34)41-36(42)30(9-3)20-27(6)35(43)22-38)24-40-33(19-26(5)23-39-10-4)37(44)45-31-15-11-12-16-31/h9-10,17-18,20-21,23,28,31,33,40H,7-8,11-16,19,24-25H2,1-6H3/b26-23+,27-20-,30-9+,39-10?. The third-order valence-corrected chi connectivity index (χ3v) is 8.44. The number of aromatic nitrogens is 2. The third kappa shape index (κ3) is 10.4. The molecule has 1 aromatic carbocycles. The highest BCUT2D eigenvalue weighted by Gasteiger charge is 2.26. The number of hydrogen-bond acceptors (Lipinski definition) is 7. The zero-order chi connectivity index (χ0) is 32.8. The van der Waals surface area contributed by atoms with Crippen LogP contribution in [0.15, 0.2) is 52.7 Å². The number of aliphatic imine (C=N–C) groups is 1. The number of imidazole rings is 1. The second kappa shape index (κ2) is 18.2. The van der Waals surface area contributed by atoms with Crippen LogP contribution in [0.5, 0.6) is 0 Å². The number of nitrogens with one attached hydrogen (secondary N) is 1. The molecule has 1 aromatic heterocycles. The number of nitrogens with zero attached hydrogens (tertiary/aromatic N) is 4. The minimum atomic E-state index is -0.548. The van der Waals surface area contributed by atoms with Crippen LogP contribution in [0.1, 0.15) is 111 Å². The molecule has 1 saturated carbocycles. The van der Waals surface area contributed by atoms with Crippen molar-refractivity contribution in [3.8, 4) is 6.07 Å². The van der Waals surface area contributed by atoms with E-state index in [1.54, 1.807) is 31.5 Å². The summed E-state index contributed by atoms with van der Waals surface area (Å²) in [6.45, 7) is 13.2. The number of carbonyl (C=O) groups is 2. The van der Waals surface area contributed by atoms with Crippen molar-refractivity contribution >= 4 is 34.6 Å². The molecule has 1 aliphatic rings. The zero-order valence-electron chi connectivity index (χ0n) is 28.1. The number of ether oxygens (including phenoxy) is 1. The molecule has 1 atom stereocenters. The van der Waals surface area contributed by atoms with Gasteiger partial charge in [-0.1, -0.05) is 44.4 Å². The van der Waals surface area contributed by atoms with E-state index < -0.39 is 11.8 Å². The molecule has 0 radical (unpaired) electrons. The lowest BCUT2D eigenvalue weighted by Gasteiger charge is -2.21. The average Bonchev–Trinajstić information content (AvgIpc) is 3.68. The molecule has 0 bridgehead atoms. The minimum Gasteiger partial charge on any atom is -0.461 e. The fourth-order valence-corrected chi connectivity index (χ4v) is 6.07. The van der Waals surface area contributed by atoms with Crippen LogP contribution >= 0.6 is 0 Å². The molecule has 45 heavy (non-hydrogen) atoms. The van der Waals surface area contributed by atoms with Crippen molar-refractivity contribution in [2.24, 2.45) is 10.9 Å². The van der Waals surface area contributed by atoms with Gasteiger partial charge in [0, 0.05) is 36.7 Å². The Bertz CT molecular complexity index is 1460. The van der Waals surface area contributed by atoms with Gasteiger partial charge in [0.15, 0.2) is 0 Å². The van der Waals surface area contributed by atoms with Crippen molar-refractivity contribution in [2.75, 3.05) is 0 Å². The summed E-state index contributed by atoms with van der Waals surface area (Å²) in [7, 11) is 0. The quantitative estimate of drug-likeness (QED) is 0.0636. The molecule has 1 unspecified atom stereocenters. The van der Waals surface area contributed by atoms with Crippen LogP contribution < -0.4 is 5.32 Å². The van der Waals surface area contributed by atoms with Gasteiger partial charge in [0.2, 0.25) is 0 Å². The SMILES string of the molecule is CC=N/C=C(\C)CC(NCc1ccc2c(c1)nc(C(/C=C(/C)C(=O)C#N)=C/C)n2CC(CCC)CCC)C(=O)OC1CCCC1.